The van der Waals surface area contributed by atoms with E-state index in [9.17, 15) is 0 Å². The maximum Gasteiger partial charge on any atom is 0.0718 e. The zero-order valence-corrected chi connectivity index (χ0v) is 22.2. The van der Waals surface area contributed by atoms with Gasteiger partial charge in [0.05, 0.1) is 38.6 Å². The fourth-order valence-electron chi connectivity index (χ4n) is 5.12. The second kappa shape index (κ2) is 15.5. The van der Waals surface area contributed by atoms with Crippen LogP contribution in [0.4, 0.5) is 0 Å². The fourth-order valence-corrected chi connectivity index (χ4v) is 7.08. The minimum Gasteiger partial charge on any atom is -0.379 e. The molecule has 33 heavy (non-hydrogen) atoms. The van der Waals surface area contributed by atoms with Gasteiger partial charge in [-0.1, -0.05) is 0 Å². The Morgan fingerprint density at radius 3 is 1.33 bits per heavy atom. The number of hydrogen-bond donors (Lipinski definition) is 0. The predicted molar refractivity (Wildman–Crippen MR) is 140 cm³/mol. The van der Waals surface area contributed by atoms with Crippen LogP contribution in [0.15, 0.2) is 0 Å². The Labute approximate surface area is 210 Å². The van der Waals surface area contributed by atoms with Crippen molar-refractivity contribution in [3.05, 3.63) is 0 Å². The van der Waals surface area contributed by atoms with Crippen LogP contribution in [-0.4, -0.2) is 160 Å². The largest absolute Gasteiger partial charge is 0.379 e. The SMILES string of the molecule is C1CN(CCC(CN2CCSCC2)OC(CCN2CCOCC2)CN2CCSCC2)CCO1. The average Bonchev–Trinajstić information content (AvgIpc) is 2.88. The summed E-state index contributed by atoms with van der Waals surface area (Å²) in [6, 6.07) is 0. The molecule has 4 rings (SSSR count). The molecule has 2 atom stereocenters. The van der Waals surface area contributed by atoms with Crippen molar-refractivity contribution in [1.82, 2.24) is 19.6 Å². The summed E-state index contributed by atoms with van der Waals surface area (Å²) in [4.78, 5) is 10.4. The van der Waals surface area contributed by atoms with Gasteiger partial charge >= 0.3 is 0 Å². The molecule has 4 saturated heterocycles. The minimum absolute atomic E-state index is 0.324. The molecule has 4 aliphatic heterocycles. The van der Waals surface area contributed by atoms with Crippen LogP contribution in [0, 0.1) is 0 Å². The van der Waals surface area contributed by atoms with Crippen LogP contribution in [-0.2, 0) is 14.2 Å². The molecule has 0 saturated carbocycles. The first-order valence-electron chi connectivity index (χ1n) is 13.2. The molecule has 0 N–H and O–H groups in total. The lowest BCUT2D eigenvalue weighted by atomic mass is 10.1. The molecule has 2 unspecified atom stereocenters. The average molecular weight is 503 g/mol. The highest BCUT2D eigenvalue weighted by molar-refractivity contribution is 7.99. The molecule has 4 aliphatic rings. The van der Waals surface area contributed by atoms with Crippen molar-refractivity contribution in [3.8, 4) is 0 Å². The van der Waals surface area contributed by atoms with Crippen LogP contribution in [0.25, 0.3) is 0 Å². The number of morpholine rings is 2. The summed E-state index contributed by atoms with van der Waals surface area (Å²) in [7, 11) is 0. The van der Waals surface area contributed by atoms with Gasteiger partial charge in [0.25, 0.3) is 0 Å². The Kier molecular flexibility index (Phi) is 12.5. The Hall–Kier alpha value is 0.420. The van der Waals surface area contributed by atoms with Crippen LogP contribution >= 0.6 is 23.5 Å². The standard InChI is InChI=1S/C24H46N4O3S2/c1(3-25-5-13-29-14-6-25)23(21-27-9-17-32-18-10-27)31-24(22-28-11-19-33-20-12-28)2-4-26-7-15-30-16-8-26/h23-24H,1-22H2. The van der Waals surface area contributed by atoms with Gasteiger partial charge in [-0.05, 0) is 12.8 Å². The Morgan fingerprint density at radius 1 is 0.545 bits per heavy atom. The second-order valence-electron chi connectivity index (χ2n) is 9.69. The molecule has 0 aromatic rings. The lowest BCUT2D eigenvalue weighted by Crippen LogP contribution is -2.46. The van der Waals surface area contributed by atoms with Crippen molar-refractivity contribution in [2.45, 2.75) is 25.0 Å². The molecule has 0 bridgehead atoms. The molecular formula is C24H46N4O3S2. The lowest BCUT2D eigenvalue weighted by molar-refractivity contribution is -0.0595. The molecule has 0 spiro atoms. The molecule has 0 amide bonds. The van der Waals surface area contributed by atoms with Crippen LogP contribution in [0.3, 0.4) is 0 Å². The van der Waals surface area contributed by atoms with Crippen molar-refractivity contribution < 1.29 is 14.2 Å². The van der Waals surface area contributed by atoms with Gasteiger partial charge in [0.2, 0.25) is 0 Å². The second-order valence-corrected chi connectivity index (χ2v) is 12.1. The first kappa shape index (κ1) is 26.5. The van der Waals surface area contributed by atoms with Gasteiger partial charge < -0.3 is 14.2 Å². The van der Waals surface area contributed by atoms with E-state index in [0.717, 1.165) is 91.6 Å². The monoisotopic (exact) mass is 502 g/mol. The first-order valence-corrected chi connectivity index (χ1v) is 15.5. The summed E-state index contributed by atoms with van der Waals surface area (Å²) < 4.78 is 18.2. The highest BCUT2D eigenvalue weighted by atomic mass is 32.2. The number of ether oxygens (including phenoxy) is 3. The summed E-state index contributed by atoms with van der Waals surface area (Å²) in [6.07, 6.45) is 2.91. The van der Waals surface area contributed by atoms with E-state index in [1.54, 1.807) is 0 Å². The fraction of sp³-hybridized carbons (Fsp3) is 1.00. The van der Waals surface area contributed by atoms with Crippen molar-refractivity contribution in [1.29, 1.82) is 0 Å². The Bertz CT molecular complexity index is 468. The number of nitrogens with zero attached hydrogens (tertiary/aromatic N) is 4. The molecule has 0 aromatic carbocycles. The maximum atomic E-state index is 7.03. The molecule has 192 valence electrons. The summed E-state index contributed by atoms with van der Waals surface area (Å²) in [5, 5.41) is 0. The van der Waals surface area contributed by atoms with Gasteiger partial charge in [-0.2, -0.15) is 23.5 Å². The van der Waals surface area contributed by atoms with Gasteiger partial charge in [-0.25, -0.2) is 0 Å². The molecular weight excluding hydrogens is 456 g/mol. The van der Waals surface area contributed by atoms with Crippen LogP contribution in [0.1, 0.15) is 12.8 Å². The predicted octanol–water partition coefficient (Wildman–Crippen LogP) is 1.28. The van der Waals surface area contributed by atoms with Gasteiger partial charge in [-0.3, -0.25) is 19.6 Å². The normalized spacial score (nSPS) is 26.9. The van der Waals surface area contributed by atoms with Crippen molar-refractivity contribution in [3.63, 3.8) is 0 Å². The quantitative estimate of drug-likeness (QED) is 0.393. The molecule has 7 nitrogen and oxygen atoms in total. The third-order valence-electron chi connectivity index (χ3n) is 7.26. The maximum absolute atomic E-state index is 7.03. The van der Waals surface area contributed by atoms with E-state index in [-0.39, 0.29) is 0 Å². The van der Waals surface area contributed by atoms with E-state index >= 15 is 0 Å². The molecule has 0 radical (unpaired) electrons. The first-order chi connectivity index (χ1) is 16.3. The van der Waals surface area contributed by atoms with Gasteiger partial charge in [0.15, 0.2) is 0 Å². The molecule has 0 aromatic heterocycles. The number of rotatable bonds is 12. The molecule has 4 fully saturated rings. The summed E-state index contributed by atoms with van der Waals surface area (Å²) in [5.74, 6) is 5.06. The topological polar surface area (TPSA) is 40.7 Å². The summed E-state index contributed by atoms with van der Waals surface area (Å²) in [6.45, 7) is 17.1. The van der Waals surface area contributed by atoms with E-state index < -0.39 is 0 Å². The van der Waals surface area contributed by atoms with E-state index in [1.165, 1.54) is 49.2 Å². The summed E-state index contributed by atoms with van der Waals surface area (Å²) >= 11 is 4.19. The van der Waals surface area contributed by atoms with Crippen LogP contribution in [0.2, 0.25) is 0 Å². The third-order valence-corrected chi connectivity index (χ3v) is 9.14. The van der Waals surface area contributed by atoms with Crippen molar-refractivity contribution in [2.75, 3.05) is 128 Å². The van der Waals surface area contributed by atoms with Crippen molar-refractivity contribution >= 4 is 23.5 Å². The van der Waals surface area contributed by atoms with E-state index in [4.69, 9.17) is 14.2 Å². The molecule has 9 heteroatoms. The zero-order valence-electron chi connectivity index (χ0n) is 20.5. The Morgan fingerprint density at radius 2 is 0.939 bits per heavy atom. The highest BCUT2D eigenvalue weighted by Gasteiger charge is 2.25. The number of thioether (sulfide) groups is 2. The number of hydrogen-bond acceptors (Lipinski definition) is 9. The third kappa shape index (κ3) is 10.1. The Balaban J connectivity index is 1.33. The lowest BCUT2D eigenvalue weighted by Gasteiger charge is -2.37. The minimum atomic E-state index is 0.324. The smallest absolute Gasteiger partial charge is 0.0718 e. The van der Waals surface area contributed by atoms with Gasteiger partial charge in [0, 0.05) is 102 Å². The van der Waals surface area contributed by atoms with E-state index in [2.05, 4.69) is 43.1 Å². The van der Waals surface area contributed by atoms with Crippen LogP contribution in [0.5, 0.6) is 0 Å². The summed E-state index contributed by atoms with van der Waals surface area (Å²) in [5.41, 5.74) is 0. The van der Waals surface area contributed by atoms with Gasteiger partial charge in [-0.15, -0.1) is 0 Å². The van der Waals surface area contributed by atoms with Gasteiger partial charge in [0.1, 0.15) is 0 Å². The highest BCUT2D eigenvalue weighted by Crippen LogP contribution is 2.18. The zero-order chi connectivity index (χ0) is 22.6. The van der Waals surface area contributed by atoms with E-state index in [0.29, 0.717) is 12.2 Å². The molecule has 4 heterocycles. The van der Waals surface area contributed by atoms with E-state index in [1.807, 2.05) is 0 Å². The van der Waals surface area contributed by atoms with Crippen molar-refractivity contribution in [2.24, 2.45) is 0 Å². The molecule has 0 aliphatic carbocycles. The van der Waals surface area contributed by atoms with Crippen LogP contribution < -0.4 is 0 Å².